The average Bonchev–Trinajstić information content (AvgIpc) is 3.75. The fourth-order valence-corrected chi connectivity index (χ4v) is 8.78. The van der Waals surface area contributed by atoms with Crippen LogP contribution in [0.3, 0.4) is 0 Å². The molecule has 2 heterocycles. The second kappa shape index (κ2) is 12.6. The lowest BCUT2D eigenvalue weighted by atomic mass is 10.1. The van der Waals surface area contributed by atoms with E-state index in [1.54, 1.807) is 0 Å². The number of aromatic nitrogens is 1. The summed E-state index contributed by atoms with van der Waals surface area (Å²) in [6, 6.07) is 72.0. The largest absolute Gasteiger partial charge is 0.310 e. The maximum absolute atomic E-state index is 2.42. The first kappa shape index (κ1) is 30.2. The van der Waals surface area contributed by atoms with Gasteiger partial charge in [-0.25, -0.2) is 0 Å². The fourth-order valence-electron chi connectivity index (χ4n) is 7.66. The molecule has 246 valence electrons. The maximum Gasteiger partial charge on any atom is 0.0782 e. The van der Waals surface area contributed by atoms with Crippen molar-refractivity contribution in [2.45, 2.75) is 0 Å². The van der Waals surface area contributed by atoms with E-state index < -0.39 is 0 Å². The number of rotatable bonds is 7. The molecule has 52 heavy (non-hydrogen) atoms. The molecule has 0 unspecified atom stereocenters. The van der Waals surface area contributed by atoms with Crippen molar-refractivity contribution in [3.8, 4) is 5.69 Å². The van der Waals surface area contributed by atoms with E-state index in [9.17, 15) is 0 Å². The number of fused-ring (bicyclic) bond motifs is 6. The van der Waals surface area contributed by atoms with Crippen LogP contribution in [0.2, 0.25) is 0 Å². The minimum atomic E-state index is 1.11. The van der Waals surface area contributed by atoms with Crippen LogP contribution in [0.5, 0.6) is 0 Å². The molecule has 0 atom stereocenters. The minimum absolute atomic E-state index is 1.11. The third kappa shape index (κ3) is 5.04. The first-order valence-electron chi connectivity index (χ1n) is 17.6. The molecule has 0 N–H and O–H groups in total. The second-order valence-electron chi connectivity index (χ2n) is 13.0. The van der Waals surface area contributed by atoms with Gasteiger partial charge >= 0.3 is 0 Å². The van der Waals surface area contributed by atoms with Crippen LogP contribution < -0.4 is 9.80 Å². The first-order valence-corrected chi connectivity index (χ1v) is 18.4. The van der Waals surface area contributed by atoms with Crippen molar-refractivity contribution in [1.82, 2.24) is 4.57 Å². The molecule has 8 aromatic carbocycles. The predicted molar refractivity (Wildman–Crippen MR) is 223 cm³/mol. The molecule has 0 aliphatic rings. The topological polar surface area (TPSA) is 11.4 Å². The van der Waals surface area contributed by atoms with Crippen molar-refractivity contribution in [2.75, 3.05) is 9.80 Å². The molecule has 0 radical (unpaired) electrons. The van der Waals surface area contributed by atoms with Crippen LogP contribution in [0.15, 0.2) is 200 Å². The van der Waals surface area contributed by atoms with Crippen molar-refractivity contribution >= 4 is 87.4 Å². The number of anilines is 6. The quantitative estimate of drug-likeness (QED) is 0.166. The molecule has 0 bridgehead atoms. The standard InChI is InChI=1S/C48H33N3S/c1-5-16-34(17-6-1)49(35-18-7-2-8-19-35)38-29-31-46-43(32-38)41-30-28-39(33-47(41)52-46)50(36-20-9-3-10-21-36)45-27-15-25-42-40-24-13-14-26-44(40)51(48(42)45)37-22-11-4-12-23-37/h1-33H. The number of para-hydroxylation sites is 6. The Morgan fingerprint density at radius 3 is 1.60 bits per heavy atom. The first-order chi connectivity index (χ1) is 25.8. The third-order valence-electron chi connectivity index (χ3n) is 9.93. The summed E-state index contributed by atoms with van der Waals surface area (Å²) in [6.07, 6.45) is 0. The van der Waals surface area contributed by atoms with Crippen LogP contribution in [0, 0.1) is 0 Å². The molecule has 10 rings (SSSR count). The molecule has 0 saturated heterocycles. The van der Waals surface area contributed by atoms with Crippen LogP contribution in [0.4, 0.5) is 34.1 Å². The summed E-state index contributed by atoms with van der Waals surface area (Å²) in [5, 5.41) is 5.00. The summed E-state index contributed by atoms with van der Waals surface area (Å²) in [7, 11) is 0. The lowest BCUT2D eigenvalue weighted by Crippen LogP contribution is -2.11. The highest BCUT2D eigenvalue weighted by molar-refractivity contribution is 7.25. The predicted octanol–water partition coefficient (Wildman–Crippen LogP) is 14.1. The Hall–Kier alpha value is -6.62. The highest BCUT2D eigenvalue weighted by Gasteiger charge is 2.22. The minimum Gasteiger partial charge on any atom is -0.310 e. The van der Waals surface area contributed by atoms with E-state index >= 15 is 0 Å². The zero-order chi connectivity index (χ0) is 34.4. The third-order valence-corrected chi connectivity index (χ3v) is 11.1. The molecule has 0 saturated carbocycles. The van der Waals surface area contributed by atoms with Crippen molar-refractivity contribution in [1.29, 1.82) is 0 Å². The SMILES string of the molecule is c1ccc(N(c2ccccc2)c2ccc3sc4cc(N(c5ccccc5)c5cccc6c7ccccc7n(-c7ccccc7)c56)ccc4c3c2)cc1. The Labute approximate surface area is 306 Å². The van der Waals surface area contributed by atoms with Crippen LogP contribution in [-0.4, -0.2) is 4.57 Å². The van der Waals surface area contributed by atoms with Gasteiger partial charge in [-0.1, -0.05) is 109 Å². The van der Waals surface area contributed by atoms with Gasteiger partial charge in [0.1, 0.15) is 0 Å². The fraction of sp³-hybridized carbons (Fsp3) is 0. The zero-order valence-electron chi connectivity index (χ0n) is 28.3. The molecule has 0 spiro atoms. The molecule has 0 aliphatic heterocycles. The van der Waals surface area contributed by atoms with E-state index in [1.807, 2.05) is 11.3 Å². The highest BCUT2D eigenvalue weighted by atomic mass is 32.1. The normalized spacial score (nSPS) is 11.5. The van der Waals surface area contributed by atoms with Gasteiger partial charge in [0, 0.05) is 65.1 Å². The van der Waals surface area contributed by atoms with E-state index in [-0.39, 0.29) is 0 Å². The Kier molecular flexibility index (Phi) is 7.33. The van der Waals surface area contributed by atoms with E-state index in [4.69, 9.17) is 0 Å². The molecule has 0 aliphatic carbocycles. The highest BCUT2D eigenvalue weighted by Crippen LogP contribution is 2.46. The Morgan fingerprint density at radius 2 is 0.904 bits per heavy atom. The molecule has 3 nitrogen and oxygen atoms in total. The van der Waals surface area contributed by atoms with Gasteiger partial charge in [0.05, 0.1) is 16.7 Å². The summed E-state index contributed by atoms with van der Waals surface area (Å²) in [5.74, 6) is 0. The molecule has 2 aromatic heterocycles. The molecular formula is C48H33N3S. The summed E-state index contributed by atoms with van der Waals surface area (Å²) in [4.78, 5) is 4.75. The van der Waals surface area contributed by atoms with Gasteiger partial charge in [0.25, 0.3) is 0 Å². The van der Waals surface area contributed by atoms with E-state index in [0.29, 0.717) is 0 Å². The van der Waals surface area contributed by atoms with Gasteiger partial charge in [-0.2, -0.15) is 0 Å². The number of thiophene rings is 1. The lowest BCUT2D eigenvalue weighted by molar-refractivity contribution is 1.17. The second-order valence-corrected chi connectivity index (χ2v) is 14.1. The molecule has 4 heteroatoms. The number of benzene rings is 8. The Morgan fingerprint density at radius 1 is 0.346 bits per heavy atom. The van der Waals surface area contributed by atoms with Gasteiger partial charge < -0.3 is 14.4 Å². The van der Waals surface area contributed by atoms with Crippen molar-refractivity contribution < 1.29 is 0 Å². The van der Waals surface area contributed by atoms with E-state index in [1.165, 1.54) is 42.0 Å². The van der Waals surface area contributed by atoms with Gasteiger partial charge in [-0.15, -0.1) is 11.3 Å². The van der Waals surface area contributed by atoms with Gasteiger partial charge in [-0.05, 0) is 91.0 Å². The Balaban J connectivity index is 1.17. The van der Waals surface area contributed by atoms with Crippen LogP contribution in [-0.2, 0) is 0 Å². The summed E-state index contributed by atoms with van der Waals surface area (Å²) < 4.78 is 4.95. The van der Waals surface area contributed by atoms with E-state index in [0.717, 1.165) is 39.8 Å². The van der Waals surface area contributed by atoms with Crippen LogP contribution >= 0.6 is 11.3 Å². The van der Waals surface area contributed by atoms with Crippen LogP contribution in [0.1, 0.15) is 0 Å². The summed E-state index contributed by atoms with van der Waals surface area (Å²) >= 11 is 1.85. The summed E-state index contributed by atoms with van der Waals surface area (Å²) in [6.45, 7) is 0. The number of hydrogen-bond donors (Lipinski definition) is 0. The number of nitrogens with zero attached hydrogens (tertiary/aromatic N) is 3. The lowest BCUT2D eigenvalue weighted by Gasteiger charge is -2.27. The Bertz CT molecular complexity index is 2800. The van der Waals surface area contributed by atoms with Crippen LogP contribution in [0.25, 0.3) is 47.7 Å². The van der Waals surface area contributed by atoms with Crippen molar-refractivity contribution in [2.24, 2.45) is 0 Å². The molecular weight excluding hydrogens is 651 g/mol. The monoisotopic (exact) mass is 683 g/mol. The van der Waals surface area contributed by atoms with Crippen molar-refractivity contribution in [3.63, 3.8) is 0 Å². The zero-order valence-corrected chi connectivity index (χ0v) is 29.1. The molecule has 0 fully saturated rings. The average molecular weight is 684 g/mol. The molecule has 10 aromatic rings. The van der Waals surface area contributed by atoms with Gasteiger partial charge in [0.2, 0.25) is 0 Å². The van der Waals surface area contributed by atoms with Gasteiger partial charge in [0.15, 0.2) is 0 Å². The molecule has 0 amide bonds. The van der Waals surface area contributed by atoms with Crippen molar-refractivity contribution in [3.05, 3.63) is 200 Å². The number of hydrogen-bond acceptors (Lipinski definition) is 3. The van der Waals surface area contributed by atoms with Gasteiger partial charge in [-0.3, -0.25) is 0 Å². The smallest absolute Gasteiger partial charge is 0.0782 e. The maximum atomic E-state index is 2.42. The summed E-state index contributed by atoms with van der Waals surface area (Å²) in [5.41, 5.74) is 10.3. The van der Waals surface area contributed by atoms with E-state index in [2.05, 4.69) is 215 Å².